The van der Waals surface area contributed by atoms with Gasteiger partial charge in [0, 0.05) is 39.1 Å². The lowest BCUT2D eigenvalue weighted by atomic mass is 9.98. The summed E-state index contributed by atoms with van der Waals surface area (Å²) in [7, 11) is 4.84. The number of nitrogens with two attached hydrogens (primary N) is 1. The van der Waals surface area contributed by atoms with Gasteiger partial charge in [0.1, 0.15) is 21.4 Å². The summed E-state index contributed by atoms with van der Waals surface area (Å²) in [5.41, 5.74) is 4.17. The van der Waals surface area contributed by atoms with E-state index in [9.17, 15) is 24.3 Å². The average Bonchev–Trinajstić information content (AvgIpc) is 2.74. The van der Waals surface area contributed by atoms with Crippen LogP contribution in [0.1, 0.15) is 19.3 Å². The molecule has 11 nitrogen and oxygen atoms in total. The molecule has 1 unspecified atom stereocenters. The largest absolute Gasteiger partial charge is 0.480 e. The molecule has 5 N–H and O–H groups in total. The van der Waals surface area contributed by atoms with Gasteiger partial charge >= 0.3 is 11.9 Å². The molecular weight excluding hydrogens is 480 g/mol. The third kappa shape index (κ3) is 5.36. The van der Waals surface area contributed by atoms with Crippen LogP contribution in [0.15, 0.2) is 11.3 Å². The molecule has 32 heavy (non-hydrogen) atoms. The standard InChI is InChI=1S/C18H26N4O7S3/c1-21(2)17(30)32-8-9-7-31-16-18(29-3,15(28)22(16)12(9)14(26)27)20-11(23)6-4-5-10(19)13(24)25/h10,16H,4-8,19H2,1-3H3,(H,20,23)(H,24,25)(H,26,27)/t10?,16-,18-/m0/s1. The third-order valence-corrected chi connectivity index (χ3v) is 8.13. The summed E-state index contributed by atoms with van der Waals surface area (Å²) in [4.78, 5) is 51.0. The van der Waals surface area contributed by atoms with Gasteiger partial charge in [-0.05, 0) is 18.4 Å². The lowest BCUT2D eigenvalue weighted by molar-refractivity contribution is -0.192. The summed E-state index contributed by atoms with van der Waals surface area (Å²) < 4.78 is 5.96. The minimum atomic E-state index is -1.69. The summed E-state index contributed by atoms with van der Waals surface area (Å²) in [5, 5.41) is 20.4. The van der Waals surface area contributed by atoms with Crippen LogP contribution in [0.4, 0.5) is 0 Å². The number of fused-ring (bicyclic) bond motifs is 1. The van der Waals surface area contributed by atoms with Crippen LogP contribution in [0.2, 0.25) is 0 Å². The van der Waals surface area contributed by atoms with E-state index >= 15 is 0 Å². The van der Waals surface area contributed by atoms with Crippen molar-refractivity contribution in [3.63, 3.8) is 0 Å². The van der Waals surface area contributed by atoms with Gasteiger partial charge < -0.3 is 30.9 Å². The Morgan fingerprint density at radius 3 is 2.62 bits per heavy atom. The molecule has 2 amide bonds. The van der Waals surface area contributed by atoms with Gasteiger partial charge in [0.15, 0.2) is 0 Å². The fourth-order valence-electron chi connectivity index (χ4n) is 3.21. The van der Waals surface area contributed by atoms with E-state index in [0.29, 0.717) is 21.4 Å². The Kier molecular flexibility index (Phi) is 8.93. The molecule has 2 aliphatic heterocycles. The van der Waals surface area contributed by atoms with Crippen molar-refractivity contribution < 1.29 is 34.1 Å². The zero-order chi connectivity index (χ0) is 24.2. The first-order chi connectivity index (χ1) is 15.0. The average molecular weight is 507 g/mol. The molecule has 1 fully saturated rings. The second-order valence-corrected chi connectivity index (χ2v) is 10.0. The number of β-lactam (4-membered cyclic amide) rings is 1. The monoisotopic (exact) mass is 506 g/mol. The molecule has 14 heteroatoms. The molecule has 1 saturated heterocycles. The van der Waals surface area contributed by atoms with E-state index in [1.807, 2.05) is 0 Å². The molecule has 2 heterocycles. The Balaban J connectivity index is 2.11. The predicted octanol–water partition coefficient (Wildman–Crippen LogP) is -0.139. The van der Waals surface area contributed by atoms with E-state index in [2.05, 4.69) is 5.32 Å². The number of hydrogen-bond acceptors (Lipinski definition) is 9. The number of thiocarbonyl (C=S) groups is 1. The molecule has 0 spiro atoms. The lowest BCUT2D eigenvalue weighted by Gasteiger charge is -2.55. The molecule has 0 saturated carbocycles. The fraction of sp³-hybridized carbons (Fsp3) is 0.611. The summed E-state index contributed by atoms with van der Waals surface area (Å²) in [6.45, 7) is 0. The lowest BCUT2D eigenvalue weighted by Crippen LogP contribution is -2.80. The van der Waals surface area contributed by atoms with Crippen molar-refractivity contribution >= 4 is 63.8 Å². The van der Waals surface area contributed by atoms with Crippen molar-refractivity contribution in [2.24, 2.45) is 5.73 Å². The molecule has 0 aliphatic carbocycles. The van der Waals surface area contributed by atoms with Crippen molar-refractivity contribution in [3.8, 4) is 0 Å². The first-order valence-electron chi connectivity index (χ1n) is 9.55. The zero-order valence-corrected chi connectivity index (χ0v) is 20.3. The highest BCUT2D eigenvalue weighted by molar-refractivity contribution is 8.23. The molecule has 178 valence electrons. The van der Waals surface area contributed by atoms with Gasteiger partial charge in [0.2, 0.25) is 5.91 Å². The smallest absolute Gasteiger partial charge is 0.352 e. The van der Waals surface area contributed by atoms with Gasteiger partial charge in [0.25, 0.3) is 11.6 Å². The summed E-state index contributed by atoms with van der Waals surface area (Å²) in [6.07, 6.45) is 0.257. The van der Waals surface area contributed by atoms with E-state index < -0.39 is 40.9 Å². The number of ether oxygens (including phenoxy) is 1. The van der Waals surface area contributed by atoms with E-state index in [1.54, 1.807) is 19.0 Å². The van der Waals surface area contributed by atoms with Crippen LogP contribution in [-0.4, -0.2) is 97.9 Å². The fourth-order valence-corrected chi connectivity index (χ4v) is 5.75. The van der Waals surface area contributed by atoms with Gasteiger partial charge in [0.05, 0.1) is 0 Å². The Labute approximate surface area is 199 Å². The second kappa shape index (κ2) is 10.8. The van der Waals surface area contributed by atoms with Crippen molar-refractivity contribution in [2.75, 3.05) is 32.7 Å². The topological polar surface area (TPSA) is 162 Å². The number of thioether (sulfide) groups is 2. The van der Waals surface area contributed by atoms with Crippen LogP contribution in [0, 0.1) is 0 Å². The van der Waals surface area contributed by atoms with Crippen molar-refractivity contribution in [1.29, 1.82) is 0 Å². The minimum Gasteiger partial charge on any atom is -0.480 e. The Morgan fingerprint density at radius 1 is 1.44 bits per heavy atom. The molecule has 0 aromatic carbocycles. The number of carboxylic acid groups (broad SMARTS) is 2. The number of nitrogens with zero attached hydrogens (tertiary/aromatic N) is 2. The van der Waals surface area contributed by atoms with Gasteiger partial charge in [-0.25, -0.2) is 4.79 Å². The second-order valence-electron chi connectivity index (χ2n) is 7.37. The summed E-state index contributed by atoms with van der Waals surface area (Å²) in [5.74, 6) is -2.95. The van der Waals surface area contributed by atoms with Crippen LogP contribution in [0.5, 0.6) is 0 Å². The number of aliphatic carboxylic acids is 2. The maximum absolute atomic E-state index is 13.0. The number of methoxy groups -OCH3 is 1. The number of rotatable bonds is 10. The van der Waals surface area contributed by atoms with Crippen molar-refractivity contribution in [2.45, 2.75) is 36.4 Å². The maximum atomic E-state index is 13.0. The molecule has 0 bridgehead atoms. The Morgan fingerprint density at radius 2 is 2.09 bits per heavy atom. The third-order valence-electron chi connectivity index (χ3n) is 4.93. The number of carboxylic acids is 2. The van der Waals surface area contributed by atoms with Gasteiger partial charge in [-0.3, -0.25) is 19.3 Å². The van der Waals surface area contributed by atoms with Crippen LogP contribution < -0.4 is 11.1 Å². The van der Waals surface area contributed by atoms with Gasteiger partial charge in [-0.1, -0.05) is 24.0 Å². The van der Waals surface area contributed by atoms with E-state index in [1.165, 1.54) is 30.6 Å². The molecule has 3 atom stereocenters. The molecule has 0 radical (unpaired) electrons. The highest BCUT2D eigenvalue weighted by Crippen LogP contribution is 2.47. The highest BCUT2D eigenvalue weighted by atomic mass is 32.2. The molecule has 2 rings (SSSR count). The maximum Gasteiger partial charge on any atom is 0.352 e. The molecule has 0 aromatic rings. The number of carbonyl (C=O) groups is 4. The quantitative estimate of drug-likeness (QED) is 0.176. The van der Waals surface area contributed by atoms with Gasteiger partial charge in [-0.15, -0.1) is 11.8 Å². The van der Waals surface area contributed by atoms with E-state index in [-0.39, 0.29) is 25.0 Å². The number of carbonyl (C=O) groups excluding carboxylic acids is 2. The SMILES string of the molecule is CO[C@@]1(NC(=O)CCCC(N)C(=O)O)C(=O)N2C(C(=O)O)=C(CSC(=S)N(C)C)CS[C@H]21. The normalized spacial score (nSPS) is 23.2. The van der Waals surface area contributed by atoms with Crippen LogP contribution in [0.3, 0.4) is 0 Å². The first kappa shape index (κ1) is 26.4. The number of amides is 2. The van der Waals surface area contributed by atoms with Crippen LogP contribution in [0.25, 0.3) is 0 Å². The number of hydrogen-bond donors (Lipinski definition) is 4. The van der Waals surface area contributed by atoms with Crippen LogP contribution >= 0.6 is 35.7 Å². The zero-order valence-electron chi connectivity index (χ0n) is 17.8. The predicted molar refractivity (Wildman–Crippen MR) is 124 cm³/mol. The van der Waals surface area contributed by atoms with E-state index in [4.69, 9.17) is 27.8 Å². The Hall–Kier alpha value is -1.87. The molecule has 0 aromatic heterocycles. The molecular formula is C18H26N4O7S3. The van der Waals surface area contributed by atoms with Crippen LogP contribution in [-0.2, 0) is 23.9 Å². The summed E-state index contributed by atoms with van der Waals surface area (Å²) >= 11 is 7.82. The van der Waals surface area contributed by atoms with Crippen molar-refractivity contribution in [3.05, 3.63) is 11.3 Å². The Bertz CT molecular complexity index is 850. The first-order valence-corrected chi connectivity index (χ1v) is 12.0. The minimum absolute atomic E-state index is 0.0533. The number of nitrogens with one attached hydrogen (secondary N) is 1. The van der Waals surface area contributed by atoms with E-state index in [0.717, 1.165) is 4.90 Å². The highest BCUT2D eigenvalue weighted by Gasteiger charge is 2.66. The summed E-state index contributed by atoms with van der Waals surface area (Å²) in [6, 6.07) is -1.08. The van der Waals surface area contributed by atoms with Crippen molar-refractivity contribution in [1.82, 2.24) is 15.1 Å². The van der Waals surface area contributed by atoms with Gasteiger partial charge in [-0.2, -0.15) is 0 Å². The molecule has 2 aliphatic rings.